The number of hydrogen-bond acceptors (Lipinski definition) is 3. The standard InChI is InChI=1S/C18H20N4O2.HI/c1-2-11-20-17(23)13-21-18(19)22-14-7-6-10-16(12-14)24-15-8-4-3-5-9-15;/h2-10,12H,1,11,13H2,(H,20,23)(H3,19,21,22);1H. The van der Waals surface area contributed by atoms with Crippen molar-refractivity contribution in [1.29, 1.82) is 0 Å². The van der Waals surface area contributed by atoms with Crippen molar-refractivity contribution >= 4 is 41.5 Å². The molecule has 6 nitrogen and oxygen atoms in total. The molecule has 2 aromatic rings. The number of amides is 1. The highest BCUT2D eigenvalue weighted by Crippen LogP contribution is 2.23. The number of carbonyl (C=O) groups excluding carboxylic acids is 1. The maximum Gasteiger partial charge on any atom is 0.242 e. The summed E-state index contributed by atoms with van der Waals surface area (Å²) >= 11 is 0. The molecule has 0 unspecified atom stereocenters. The summed E-state index contributed by atoms with van der Waals surface area (Å²) in [5, 5.41) is 5.55. The summed E-state index contributed by atoms with van der Waals surface area (Å²) < 4.78 is 5.75. The highest BCUT2D eigenvalue weighted by Gasteiger charge is 2.02. The minimum Gasteiger partial charge on any atom is -0.457 e. The van der Waals surface area contributed by atoms with Crippen molar-refractivity contribution in [2.24, 2.45) is 10.7 Å². The number of guanidine groups is 1. The van der Waals surface area contributed by atoms with Gasteiger partial charge in [0.1, 0.15) is 18.0 Å². The Bertz CT molecular complexity index is 720. The van der Waals surface area contributed by atoms with Crippen LogP contribution in [-0.4, -0.2) is 25.0 Å². The molecule has 0 radical (unpaired) electrons. The molecule has 25 heavy (non-hydrogen) atoms. The Balaban J connectivity index is 0.00000312. The van der Waals surface area contributed by atoms with Gasteiger partial charge in [-0.25, -0.2) is 4.99 Å². The van der Waals surface area contributed by atoms with E-state index in [1.165, 1.54) is 0 Å². The Morgan fingerprint density at radius 1 is 1.16 bits per heavy atom. The van der Waals surface area contributed by atoms with Crippen LogP contribution in [-0.2, 0) is 4.79 Å². The van der Waals surface area contributed by atoms with E-state index in [9.17, 15) is 4.79 Å². The lowest BCUT2D eigenvalue weighted by molar-refractivity contribution is -0.119. The number of nitrogens with two attached hydrogens (primary N) is 1. The number of benzene rings is 2. The Morgan fingerprint density at radius 2 is 1.88 bits per heavy atom. The molecular formula is C18H21IN4O2. The maximum absolute atomic E-state index is 11.4. The fourth-order valence-corrected chi connectivity index (χ4v) is 1.85. The van der Waals surface area contributed by atoms with Crippen molar-refractivity contribution < 1.29 is 9.53 Å². The zero-order valence-electron chi connectivity index (χ0n) is 13.6. The van der Waals surface area contributed by atoms with Crippen LogP contribution in [0, 0.1) is 0 Å². The maximum atomic E-state index is 11.4. The molecule has 0 bridgehead atoms. The van der Waals surface area contributed by atoms with E-state index in [4.69, 9.17) is 10.5 Å². The third-order valence-electron chi connectivity index (χ3n) is 2.92. The number of hydrogen-bond donors (Lipinski definition) is 3. The molecule has 0 aliphatic carbocycles. The molecule has 2 aromatic carbocycles. The topological polar surface area (TPSA) is 88.7 Å². The molecule has 0 atom stereocenters. The van der Waals surface area contributed by atoms with E-state index in [-0.39, 0.29) is 42.4 Å². The van der Waals surface area contributed by atoms with Gasteiger partial charge in [-0.1, -0.05) is 30.3 Å². The second-order valence-corrected chi connectivity index (χ2v) is 4.86. The number of nitrogens with one attached hydrogen (secondary N) is 2. The van der Waals surface area contributed by atoms with E-state index < -0.39 is 0 Å². The third-order valence-corrected chi connectivity index (χ3v) is 2.92. The lowest BCUT2D eigenvalue weighted by atomic mass is 10.3. The highest BCUT2D eigenvalue weighted by atomic mass is 127. The van der Waals surface area contributed by atoms with Gasteiger partial charge in [-0.3, -0.25) is 4.79 Å². The number of rotatable bonds is 7. The third kappa shape index (κ3) is 7.71. The highest BCUT2D eigenvalue weighted by molar-refractivity contribution is 14.0. The van der Waals surface area contributed by atoms with Gasteiger partial charge < -0.3 is 21.1 Å². The molecule has 0 aliphatic rings. The van der Waals surface area contributed by atoms with Gasteiger partial charge in [-0.05, 0) is 24.3 Å². The first-order chi connectivity index (χ1) is 11.7. The molecule has 0 saturated carbocycles. The van der Waals surface area contributed by atoms with Crippen molar-refractivity contribution in [3.05, 3.63) is 67.3 Å². The largest absolute Gasteiger partial charge is 0.457 e. The van der Waals surface area contributed by atoms with Gasteiger partial charge in [0.25, 0.3) is 0 Å². The molecule has 4 N–H and O–H groups in total. The molecular weight excluding hydrogens is 431 g/mol. The van der Waals surface area contributed by atoms with Crippen LogP contribution >= 0.6 is 24.0 Å². The second-order valence-electron chi connectivity index (χ2n) is 4.86. The molecule has 0 saturated heterocycles. The van der Waals surface area contributed by atoms with Crippen molar-refractivity contribution in [3.63, 3.8) is 0 Å². The molecule has 0 aromatic heterocycles. The van der Waals surface area contributed by atoms with E-state index in [1.54, 1.807) is 12.1 Å². The van der Waals surface area contributed by atoms with Crippen molar-refractivity contribution in [1.82, 2.24) is 5.32 Å². The van der Waals surface area contributed by atoms with E-state index >= 15 is 0 Å². The van der Waals surface area contributed by atoms with Gasteiger partial charge in [0.2, 0.25) is 5.91 Å². The monoisotopic (exact) mass is 452 g/mol. The van der Waals surface area contributed by atoms with Gasteiger partial charge in [0.15, 0.2) is 5.96 Å². The van der Waals surface area contributed by atoms with Gasteiger partial charge >= 0.3 is 0 Å². The Morgan fingerprint density at radius 3 is 2.60 bits per heavy atom. The lowest BCUT2D eigenvalue weighted by Gasteiger charge is -2.09. The summed E-state index contributed by atoms with van der Waals surface area (Å²) in [5.74, 6) is 1.35. The van der Waals surface area contributed by atoms with Crippen LogP contribution in [0.1, 0.15) is 0 Å². The van der Waals surface area contributed by atoms with E-state index in [2.05, 4.69) is 22.2 Å². The normalized spacial score (nSPS) is 10.3. The molecule has 2 rings (SSSR count). The minimum absolute atomic E-state index is 0. The first-order valence-electron chi connectivity index (χ1n) is 7.45. The Kier molecular flexibility index (Phi) is 9.09. The van der Waals surface area contributed by atoms with E-state index in [1.807, 2.05) is 48.5 Å². The minimum atomic E-state index is -0.221. The molecule has 0 spiro atoms. The Hall–Kier alpha value is -2.55. The van der Waals surface area contributed by atoms with Crippen LogP contribution in [0.15, 0.2) is 72.2 Å². The summed E-state index contributed by atoms with van der Waals surface area (Å²) in [5.41, 5.74) is 6.50. The number of anilines is 1. The van der Waals surface area contributed by atoms with Crippen molar-refractivity contribution in [3.8, 4) is 11.5 Å². The molecule has 0 heterocycles. The molecule has 132 valence electrons. The SMILES string of the molecule is C=CCNC(=O)CN=C(N)Nc1cccc(Oc2ccccc2)c1.I. The zero-order chi connectivity index (χ0) is 17.2. The van der Waals surface area contributed by atoms with E-state index in [0.29, 0.717) is 12.3 Å². The predicted octanol–water partition coefficient (Wildman–Crippen LogP) is 3.13. The number of halogens is 1. The number of carbonyl (C=O) groups is 1. The van der Waals surface area contributed by atoms with Crippen molar-refractivity contribution in [2.75, 3.05) is 18.4 Å². The number of nitrogens with zero attached hydrogens (tertiary/aromatic N) is 1. The van der Waals surface area contributed by atoms with Gasteiger partial charge in [-0.2, -0.15) is 0 Å². The smallest absolute Gasteiger partial charge is 0.242 e. The summed E-state index contributed by atoms with van der Waals surface area (Å²) in [6, 6.07) is 16.8. The number of ether oxygens (including phenoxy) is 1. The number of para-hydroxylation sites is 1. The molecule has 1 amide bonds. The van der Waals surface area contributed by atoms with Gasteiger partial charge in [0.05, 0.1) is 0 Å². The number of aliphatic imine (C=N–C) groups is 1. The summed E-state index contributed by atoms with van der Waals surface area (Å²) in [6.07, 6.45) is 1.60. The molecule has 0 fully saturated rings. The quantitative estimate of drug-likeness (QED) is 0.261. The van der Waals surface area contributed by atoms with Gasteiger partial charge in [0, 0.05) is 18.3 Å². The van der Waals surface area contributed by atoms with Crippen LogP contribution in [0.3, 0.4) is 0 Å². The lowest BCUT2D eigenvalue weighted by Crippen LogP contribution is -2.29. The molecule has 0 aliphatic heterocycles. The fraction of sp³-hybridized carbons (Fsp3) is 0.111. The molecule has 7 heteroatoms. The predicted molar refractivity (Wildman–Crippen MR) is 112 cm³/mol. The summed E-state index contributed by atoms with van der Waals surface area (Å²) in [6.45, 7) is 3.88. The van der Waals surface area contributed by atoms with Crippen LogP contribution in [0.4, 0.5) is 5.69 Å². The van der Waals surface area contributed by atoms with Gasteiger partial charge in [-0.15, -0.1) is 30.6 Å². The van der Waals surface area contributed by atoms with E-state index in [0.717, 1.165) is 11.4 Å². The van der Waals surface area contributed by atoms with Crippen LogP contribution in [0.5, 0.6) is 11.5 Å². The zero-order valence-corrected chi connectivity index (χ0v) is 16.0. The van der Waals surface area contributed by atoms with Crippen LogP contribution in [0.25, 0.3) is 0 Å². The summed E-state index contributed by atoms with van der Waals surface area (Å²) in [4.78, 5) is 15.4. The van der Waals surface area contributed by atoms with Crippen molar-refractivity contribution in [2.45, 2.75) is 0 Å². The first-order valence-corrected chi connectivity index (χ1v) is 7.45. The summed E-state index contributed by atoms with van der Waals surface area (Å²) in [7, 11) is 0. The van der Waals surface area contributed by atoms with Crippen LogP contribution in [0.2, 0.25) is 0 Å². The first kappa shape index (κ1) is 20.5. The second kappa shape index (κ2) is 11.1. The fourth-order valence-electron chi connectivity index (χ4n) is 1.85. The average Bonchev–Trinajstić information content (AvgIpc) is 2.59. The Labute approximate surface area is 164 Å². The van der Waals surface area contributed by atoms with Crippen LogP contribution < -0.4 is 21.1 Å². The average molecular weight is 452 g/mol.